The lowest BCUT2D eigenvalue weighted by atomic mass is 10.1. The molecule has 4 rings (SSSR count). The van der Waals surface area contributed by atoms with Gasteiger partial charge in [0.1, 0.15) is 0 Å². The van der Waals surface area contributed by atoms with Gasteiger partial charge >= 0.3 is 0 Å². The Bertz CT molecular complexity index is 1040. The van der Waals surface area contributed by atoms with Crippen LogP contribution in [0.25, 0.3) is 11.0 Å². The molecule has 0 atom stereocenters. The number of rotatable bonds is 6. The quantitative estimate of drug-likeness (QED) is 0.624. The van der Waals surface area contributed by atoms with Crippen molar-refractivity contribution in [2.75, 3.05) is 25.0 Å². The number of para-hydroxylation sites is 2. The van der Waals surface area contributed by atoms with Crippen molar-refractivity contribution < 1.29 is 4.79 Å². The van der Waals surface area contributed by atoms with Gasteiger partial charge in [0.15, 0.2) is 5.82 Å². The van der Waals surface area contributed by atoms with Gasteiger partial charge in [-0.2, -0.15) is 0 Å². The van der Waals surface area contributed by atoms with E-state index >= 15 is 0 Å². The molecule has 29 heavy (non-hydrogen) atoms. The Morgan fingerprint density at radius 1 is 1.14 bits per heavy atom. The summed E-state index contributed by atoms with van der Waals surface area (Å²) in [6.45, 7) is 2.68. The van der Waals surface area contributed by atoms with Gasteiger partial charge in [0.05, 0.1) is 17.6 Å². The molecule has 1 fully saturated rings. The number of carbonyl (C=O) groups is 1. The van der Waals surface area contributed by atoms with Crippen LogP contribution in [0.4, 0.5) is 5.82 Å². The van der Waals surface area contributed by atoms with Crippen LogP contribution < -0.4 is 10.5 Å². The van der Waals surface area contributed by atoms with Gasteiger partial charge in [-0.15, -0.1) is 11.3 Å². The Labute approximate surface area is 174 Å². The first-order valence-corrected chi connectivity index (χ1v) is 11.0. The SMILES string of the molecule is CN(Cc1cccs1)C(=O)CCn1c(=O)c(N2CCCCC2)nc2ccccc21. The van der Waals surface area contributed by atoms with E-state index in [1.807, 2.05) is 48.8 Å². The first kappa shape index (κ1) is 19.6. The lowest BCUT2D eigenvalue weighted by molar-refractivity contribution is -0.130. The molecule has 152 valence electrons. The summed E-state index contributed by atoms with van der Waals surface area (Å²) < 4.78 is 1.73. The first-order valence-electron chi connectivity index (χ1n) is 10.1. The third-order valence-corrected chi connectivity index (χ3v) is 6.30. The third-order valence-electron chi connectivity index (χ3n) is 5.44. The van der Waals surface area contributed by atoms with Crippen molar-refractivity contribution in [3.05, 3.63) is 57.0 Å². The zero-order chi connectivity index (χ0) is 20.2. The van der Waals surface area contributed by atoms with E-state index in [0.29, 0.717) is 18.9 Å². The van der Waals surface area contributed by atoms with E-state index in [2.05, 4.69) is 9.88 Å². The largest absolute Gasteiger partial charge is 0.352 e. The summed E-state index contributed by atoms with van der Waals surface area (Å²) in [7, 11) is 1.81. The second-order valence-electron chi connectivity index (χ2n) is 7.51. The van der Waals surface area contributed by atoms with Crippen LogP contribution in [-0.2, 0) is 17.9 Å². The summed E-state index contributed by atoms with van der Waals surface area (Å²) >= 11 is 1.64. The standard InChI is InChI=1S/C22H26N4O2S/c1-24(16-17-8-7-15-29-17)20(27)11-14-26-19-10-4-3-9-18(19)23-21(22(26)28)25-12-5-2-6-13-25/h3-4,7-10,15H,2,5-6,11-14,16H2,1H3. The van der Waals surface area contributed by atoms with E-state index < -0.39 is 0 Å². The van der Waals surface area contributed by atoms with Crippen LogP contribution >= 0.6 is 11.3 Å². The molecule has 2 aromatic heterocycles. The molecule has 0 N–H and O–H groups in total. The molecule has 1 aromatic carbocycles. The third kappa shape index (κ3) is 4.34. The van der Waals surface area contributed by atoms with Crippen LogP contribution in [0.15, 0.2) is 46.6 Å². The number of aromatic nitrogens is 2. The second-order valence-corrected chi connectivity index (χ2v) is 8.54. The van der Waals surface area contributed by atoms with Crippen LogP contribution in [0, 0.1) is 0 Å². The predicted molar refractivity (Wildman–Crippen MR) is 117 cm³/mol. The molecule has 0 unspecified atom stereocenters. The van der Waals surface area contributed by atoms with Crippen LogP contribution in [0.5, 0.6) is 0 Å². The number of hydrogen-bond donors (Lipinski definition) is 0. The van der Waals surface area contributed by atoms with E-state index in [0.717, 1.165) is 41.8 Å². The normalized spacial score (nSPS) is 14.3. The maximum Gasteiger partial charge on any atom is 0.294 e. The maximum atomic E-state index is 13.3. The van der Waals surface area contributed by atoms with Crippen molar-refractivity contribution in [1.29, 1.82) is 0 Å². The number of fused-ring (bicyclic) bond motifs is 1. The molecule has 1 aliphatic rings. The molecular weight excluding hydrogens is 384 g/mol. The summed E-state index contributed by atoms with van der Waals surface area (Å²) in [5.41, 5.74) is 1.48. The number of anilines is 1. The molecule has 0 saturated carbocycles. The van der Waals surface area contributed by atoms with E-state index in [1.54, 1.807) is 20.8 Å². The van der Waals surface area contributed by atoms with E-state index in [-0.39, 0.29) is 17.9 Å². The molecule has 3 aromatic rings. The van der Waals surface area contributed by atoms with Gasteiger partial charge < -0.3 is 14.4 Å². The Hall–Kier alpha value is -2.67. The average molecular weight is 411 g/mol. The monoisotopic (exact) mass is 410 g/mol. The minimum Gasteiger partial charge on any atom is -0.352 e. The Kier molecular flexibility index (Phi) is 5.94. The van der Waals surface area contributed by atoms with Gasteiger partial charge in [-0.05, 0) is 42.8 Å². The van der Waals surface area contributed by atoms with Crippen LogP contribution in [0.2, 0.25) is 0 Å². The molecule has 6 nitrogen and oxygen atoms in total. The van der Waals surface area contributed by atoms with Gasteiger partial charge in [0.2, 0.25) is 5.91 Å². The predicted octanol–water partition coefficient (Wildman–Crippen LogP) is 3.50. The van der Waals surface area contributed by atoms with Crippen molar-refractivity contribution >= 4 is 34.1 Å². The van der Waals surface area contributed by atoms with Crippen molar-refractivity contribution in [3.8, 4) is 0 Å². The van der Waals surface area contributed by atoms with E-state index in [9.17, 15) is 9.59 Å². The van der Waals surface area contributed by atoms with Crippen molar-refractivity contribution in [2.24, 2.45) is 0 Å². The molecule has 0 bridgehead atoms. The Morgan fingerprint density at radius 2 is 1.93 bits per heavy atom. The highest BCUT2D eigenvalue weighted by Gasteiger charge is 2.20. The number of aryl methyl sites for hydroxylation is 1. The number of hydrogen-bond acceptors (Lipinski definition) is 5. The van der Waals surface area contributed by atoms with Crippen LogP contribution in [0.1, 0.15) is 30.6 Å². The number of thiophene rings is 1. The van der Waals surface area contributed by atoms with Gasteiger partial charge in [0.25, 0.3) is 5.56 Å². The van der Waals surface area contributed by atoms with Crippen LogP contribution in [0.3, 0.4) is 0 Å². The van der Waals surface area contributed by atoms with Crippen molar-refractivity contribution in [2.45, 2.75) is 38.8 Å². The number of amides is 1. The Morgan fingerprint density at radius 3 is 2.69 bits per heavy atom. The minimum absolute atomic E-state index is 0.0331. The smallest absolute Gasteiger partial charge is 0.294 e. The average Bonchev–Trinajstić information content (AvgIpc) is 3.26. The molecule has 1 amide bonds. The van der Waals surface area contributed by atoms with Gasteiger partial charge in [-0.1, -0.05) is 18.2 Å². The molecule has 3 heterocycles. The fraction of sp³-hybridized carbons (Fsp3) is 0.409. The summed E-state index contributed by atoms with van der Waals surface area (Å²) in [4.78, 5) is 35.6. The number of nitrogens with zero attached hydrogens (tertiary/aromatic N) is 4. The highest BCUT2D eigenvalue weighted by Crippen LogP contribution is 2.19. The molecule has 0 aliphatic carbocycles. The lowest BCUT2D eigenvalue weighted by Crippen LogP contribution is -2.37. The fourth-order valence-corrected chi connectivity index (χ4v) is 4.59. The summed E-state index contributed by atoms with van der Waals surface area (Å²) in [5, 5.41) is 2.01. The summed E-state index contributed by atoms with van der Waals surface area (Å²) in [6.07, 6.45) is 3.65. The number of piperidine rings is 1. The zero-order valence-electron chi connectivity index (χ0n) is 16.7. The maximum absolute atomic E-state index is 13.3. The highest BCUT2D eigenvalue weighted by molar-refractivity contribution is 7.09. The zero-order valence-corrected chi connectivity index (χ0v) is 17.5. The molecule has 0 spiro atoms. The van der Waals surface area contributed by atoms with E-state index in [4.69, 9.17) is 0 Å². The summed E-state index contributed by atoms with van der Waals surface area (Å²) in [6, 6.07) is 11.7. The summed E-state index contributed by atoms with van der Waals surface area (Å²) in [5.74, 6) is 0.550. The van der Waals surface area contributed by atoms with Crippen molar-refractivity contribution in [1.82, 2.24) is 14.5 Å². The minimum atomic E-state index is -0.0979. The molecule has 1 aliphatic heterocycles. The van der Waals surface area contributed by atoms with E-state index in [1.165, 1.54) is 6.42 Å². The first-order chi connectivity index (χ1) is 14.1. The van der Waals surface area contributed by atoms with Gasteiger partial charge in [-0.3, -0.25) is 9.59 Å². The molecular formula is C22H26N4O2S. The number of carbonyl (C=O) groups excluding carboxylic acids is 1. The lowest BCUT2D eigenvalue weighted by Gasteiger charge is -2.28. The Balaban J connectivity index is 1.57. The van der Waals surface area contributed by atoms with Crippen LogP contribution in [-0.4, -0.2) is 40.5 Å². The number of benzene rings is 1. The fourth-order valence-electron chi connectivity index (χ4n) is 3.84. The topological polar surface area (TPSA) is 58.4 Å². The van der Waals surface area contributed by atoms with Gasteiger partial charge in [0, 0.05) is 38.0 Å². The second kappa shape index (κ2) is 8.78. The highest BCUT2D eigenvalue weighted by atomic mass is 32.1. The van der Waals surface area contributed by atoms with Gasteiger partial charge in [-0.25, -0.2) is 4.98 Å². The molecule has 0 radical (unpaired) electrons. The molecule has 1 saturated heterocycles. The van der Waals surface area contributed by atoms with Crippen molar-refractivity contribution in [3.63, 3.8) is 0 Å². The molecule has 7 heteroatoms.